The maximum Gasteiger partial charge on any atom is 0.0224 e. The van der Waals surface area contributed by atoms with Crippen molar-refractivity contribution in [2.45, 2.75) is 9.79 Å². The zero-order valence-electron chi connectivity index (χ0n) is 8.00. The summed E-state index contributed by atoms with van der Waals surface area (Å²) in [6.45, 7) is 0. The van der Waals surface area contributed by atoms with Crippen LogP contribution < -0.4 is 0 Å². The highest BCUT2D eigenvalue weighted by Crippen LogP contribution is 2.26. The van der Waals surface area contributed by atoms with Gasteiger partial charge in [0.05, 0.1) is 0 Å². The van der Waals surface area contributed by atoms with E-state index in [9.17, 15) is 0 Å². The molecule has 0 bridgehead atoms. The summed E-state index contributed by atoms with van der Waals surface area (Å²) < 4.78 is 0. The number of benzene rings is 2. The van der Waals surface area contributed by atoms with Crippen LogP contribution in [0.4, 0.5) is 0 Å². The van der Waals surface area contributed by atoms with Crippen LogP contribution in [0.3, 0.4) is 0 Å². The predicted molar refractivity (Wildman–Crippen MR) is 71.7 cm³/mol. The van der Waals surface area contributed by atoms with Gasteiger partial charge in [-0.15, -0.1) is 0 Å². The lowest BCUT2D eigenvalue weighted by atomic mass is 10.4. The summed E-state index contributed by atoms with van der Waals surface area (Å²) in [6.07, 6.45) is 0. The van der Waals surface area contributed by atoms with Gasteiger partial charge in [-0.1, -0.05) is 36.4 Å². The van der Waals surface area contributed by atoms with E-state index in [4.69, 9.17) is 11.2 Å². The number of hydrogen-bond acceptors (Lipinski definition) is 2. The first kappa shape index (κ1) is 10.9. The van der Waals surface area contributed by atoms with Crippen molar-refractivity contribution in [3.8, 4) is 0 Å². The molecule has 0 spiro atoms. The van der Waals surface area contributed by atoms with Crippen molar-refractivity contribution < 1.29 is 0 Å². The molecular weight excluding hydrogens is 240 g/mol. The van der Waals surface area contributed by atoms with Crippen LogP contribution in [0.1, 0.15) is 0 Å². The predicted octanol–water partition coefficient (Wildman–Crippen LogP) is 3.83. The van der Waals surface area contributed by atoms with Crippen molar-refractivity contribution in [3.05, 3.63) is 60.7 Å². The molecule has 1 atom stereocenters. The average molecular weight is 250 g/mol. The van der Waals surface area contributed by atoms with Gasteiger partial charge in [0.1, 0.15) is 0 Å². The maximum atomic E-state index is 5.48. The Labute approximate surface area is 101 Å². The molecular formula is C12H10S3. The SMILES string of the molecule is S=S(Sc1ccccc1)c1ccccc1. The van der Waals surface area contributed by atoms with Crippen molar-refractivity contribution in [3.63, 3.8) is 0 Å². The zero-order chi connectivity index (χ0) is 10.5. The van der Waals surface area contributed by atoms with E-state index in [0.717, 1.165) is 0 Å². The zero-order valence-corrected chi connectivity index (χ0v) is 10.4. The molecule has 76 valence electrons. The van der Waals surface area contributed by atoms with E-state index in [0.29, 0.717) is 0 Å². The Balaban J connectivity index is 2.12. The fraction of sp³-hybridized carbons (Fsp3) is 0. The normalized spacial score (nSPS) is 12.3. The van der Waals surface area contributed by atoms with Crippen molar-refractivity contribution >= 4 is 30.5 Å². The van der Waals surface area contributed by atoms with Crippen molar-refractivity contribution in [1.82, 2.24) is 0 Å². The topological polar surface area (TPSA) is 0 Å². The van der Waals surface area contributed by atoms with Crippen LogP contribution in [0.5, 0.6) is 0 Å². The van der Waals surface area contributed by atoms with Crippen molar-refractivity contribution in [2.24, 2.45) is 0 Å². The Bertz CT molecular complexity index is 437. The summed E-state index contributed by atoms with van der Waals surface area (Å²) in [4.78, 5) is 2.46. The Morgan fingerprint density at radius 1 is 0.800 bits per heavy atom. The average Bonchev–Trinajstić information content (AvgIpc) is 2.31. The largest absolute Gasteiger partial charge is 0.0622 e. The minimum absolute atomic E-state index is 0.184. The third-order valence-corrected chi connectivity index (χ3v) is 5.92. The molecule has 15 heavy (non-hydrogen) atoms. The number of hydrogen-bond donors (Lipinski definition) is 0. The van der Waals surface area contributed by atoms with E-state index in [1.165, 1.54) is 9.79 Å². The molecule has 0 nitrogen and oxygen atoms in total. The molecule has 0 saturated carbocycles. The Kier molecular flexibility index (Phi) is 3.94. The van der Waals surface area contributed by atoms with Gasteiger partial charge < -0.3 is 0 Å². The molecule has 0 radical (unpaired) electrons. The van der Waals surface area contributed by atoms with Crippen LogP contribution in [0, 0.1) is 0 Å². The lowest BCUT2D eigenvalue weighted by Gasteiger charge is -2.03. The molecule has 0 N–H and O–H groups in total. The first-order chi connectivity index (χ1) is 7.36. The summed E-state index contributed by atoms with van der Waals surface area (Å²) in [7, 11) is 1.55. The molecule has 2 aromatic rings. The van der Waals surface area contributed by atoms with Gasteiger partial charge in [0.25, 0.3) is 0 Å². The minimum Gasteiger partial charge on any atom is -0.0622 e. The van der Waals surface area contributed by atoms with E-state index < -0.39 is 0 Å². The monoisotopic (exact) mass is 250 g/mol. The lowest BCUT2D eigenvalue weighted by molar-refractivity contribution is 1.46. The summed E-state index contributed by atoms with van der Waals surface area (Å²) in [6, 6.07) is 20.6. The second-order valence-electron chi connectivity index (χ2n) is 2.94. The molecule has 0 aliphatic heterocycles. The van der Waals surface area contributed by atoms with Gasteiger partial charge >= 0.3 is 0 Å². The van der Waals surface area contributed by atoms with E-state index in [-0.39, 0.29) is 8.49 Å². The van der Waals surface area contributed by atoms with Gasteiger partial charge in [-0.05, 0) is 54.7 Å². The highest BCUT2D eigenvalue weighted by atomic mass is 33.3. The van der Waals surface area contributed by atoms with Crippen LogP contribution in [0.25, 0.3) is 0 Å². The van der Waals surface area contributed by atoms with Gasteiger partial charge in [0.2, 0.25) is 0 Å². The van der Waals surface area contributed by atoms with Crippen molar-refractivity contribution in [1.29, 1.82) is 0 Å². The fourth-order valence-corrected chi connectivity index (χ4v) is 4.58. The van der Waals surface area contributed by atoms with Crippen LogP contribution in [0.15, 0.2) is 70.5 Å². The molecule has 0 heterocycles. The minimum atomic E-state index is -0.184. The third-order valence-electron chi connectivity index (χ3n) is 1.85. The standard InChI is InChI=1S/C12H10S3/c13-15(12-9-5-2-6-10-12)14-11-7-3-1-4-8-11/h1-10H. The van der Waals surface area contributed by atoms with Crippen LogP contribution in [-0.2, 0) is 19.7 Å². The second-order valence-corrected chi connectivity index (χ2v) is 7.66. The molecule has 1 unspecified atom stereocenters. The smallest absolute Gasteiger partial charge is 0.0224 e. The molecule has 0 aliphatic rings. The molecule has 0 saturated heterocycles. The maximum absolute atomic E-state index is 5.48. The van der Waals surface area contributed by atoms with E-state index in [2.05, 4.69) is 24.3 Å². The number of rotatable bonds is 3. The highest BCUT2D eigenvalue weighted by molar-refractivity contribution is 8.82. The fourth-order valence-electron chi connectivity index (χ4n) is 1.14. The Hall–Kier alpha value is -0.640. The van der Waals surface area contributed by atoms with Crippen LogP contribution in [0.2, 0.25) is 0 Å². The third kappa shape index (κ3) is 3.16. The second kappa shape index (κ2) is 5.45. The van der Waals surface area contributed by atoms with Gasteiger partial charge in [-0.2, -0.15) is 0 Å². The summed E-state index contributed by atoms with van der Waals surface area (Å²) >= 11 is 5.48. The van der Waals surface area contributed by atoms with Crippen molar-refractivity contribution in [2.75, 3.05) is 0 Å². The summed E-state index contributed by atoms with van der Waals surface area (Å²) in [5.41, 5.74) is 0. The molecule has 0 fully saturated rings. The summed E-state index contributed by atoms with van der Waals surface area (Å²) in [5, 5.41) is 0. The van der Waals surface area contributed by atoms with Gasteiger partial charge in [0.15, 0.2) is 0 Å². The Morgan fingerprint density at radius 2 is 1.33 bits per heavy atom. The molecule has 3 heteroatoms. The molecule has 0 amide bonds. The Morgan fingerprint density at radius 3 is 1.93 bits per heavy atom. The van der Waals surface area contributed by atoms with E-state index in [1.54, 1.807) is 10.8 Å². The molecule has 0 aliphatic carbocycles. The van der Waals surface area contributed by atoms with Gasteiger partial charge in [-0.25, -0.2) is 0 Å². The van der Waals surface area contributed by atoms with E-state index >= 15 is 0 Å². The highest BCUT2D eigenvalue weighted by Gasteiger charge is 2.00. The molecule has 2 aromatic carbocycles. The molecule has 0 aromatic heterocycles. The first-order valence-corrected chi connectivity index (χ1v) is 8.05. The van der Waals surface area contributed by atoms with Crippen LogP contribution >= 0.6 is 10.8 Å². The van der Waals surface area contributed by atoms with Gasteiger partial charge in [-0.3, -0.25) is 0 Å². The first-order valence-electron chi connectivity index (χ1n) is 4.56. The molecule has 2 rings (SSSR count). The lowest BCUT2D eigenvalue weighted by Crippen LogP contribution is -1.82. The van der Waals surface area contributed by atoms with Crippen LogP contribution in [-0.4, -0.2) is 0 Å². The van der Waals surface area contributed by atoms with Gasteiger partial charge in [0, 0.05) is 9.79 Å². The quantitative estimate of drug-likeness (QED) is 0.759. The van der Waals surface area contributed by atoms with E-state index in [1.807, 2.05) is 36.4 Å². The summed E-state index contributed by atoms with van der Waals surface area (Å²) in [5.74, 6) is 0.